The first-order chi connectivity index (χ1) is 13.7. The predicted octanol–water partition coefficient (Wildman–Crippen LogP) is 9.48. The predicted molar refractivity (Wildman–Crippen MR) is 142 cm³/mol. The Hall–Kier alpha value is 1.16. The van der Waals surface area contributed by atoms with E-state index in [9.17, 15) is 0 Å². The Morgan fingerprint density at radius 2 is 0.500 bits per heavy atom. The summed E-state index contributed by atoms with van der Waals surface area (Å²) < 4.78 is 10.2. The van der Waals surface area contributed by atoms with Gasteiger partial charge in [-0.05, 0) is 0 Å². The molecule has 0 unspecified atom stereocenters. The van der Waals surface area contributed by atoms with Crippen LogP contribution < -0.4 is 0 Å². The van der Waals surface area contributed by atoms with Crippen molar-refractivity contribution in [2.24, 2.45) is 0 Å². The Bertz CT molecular complexity index is 200. The van der Waals surface area contributed by atoms with Crippen molar-refractivity contribution in [3.05, 3.63) is 0 Å². The van der Waals surface area contributed by atoms with E-state index < -0.39 is 39.5 Å². The van der Waals surface area contributed by atoms with Crippen LogP contribution in [0.4, 0.5) is 0 Å². The molecule has 0 saturated heterocycles. The summed E-state index contributed by atoms with van der Waals surface area (Å²) in [6, 6.07) is 0. The van der Waals surface area contributed by atoms with Gasteiger partial charge in [0.15, 0.2) is 0 Å². The van der Waals surface area contributed by atoms with Crippen molar-refractivity contribution in [3.63, 3.8) is 0 Å². The number of terminal acetylenes is 1. The average molecular weight is 608 g/mol. The van der Waals surface area contributed by atoms with Gasteiger partial charge in [0, 0.05) is 0 Å². The minimum atomic E-state index is -0.967. The van der Waals surface area contributed by atoms with Crippen molar-refractivity contribution < 1.29 is 0 Å². The van der Waals surface area contributed by atoms with Gasteiger partial charge < -0.3 is 0 Å². The maximum absolute atomic E-state index is 4.00. The second-order valence-electron chi connectivity index (χ2n) is 8.59. The molecule has 0 saturated carbocycles. The third-order valence-electron chi connectivity index (χ3n) is 5.80. The Kier molecular flexibility index (Phi) is 39.6. The maximum atomic E-state index is 4.00. The third kappa shape index (κ3) is 29.4. The molecule has 0 fully saturated rings. The van der Waals surface area contributed by atoms with Crippen LogP contribution in [0.15, 0.2) is 0 Å². The zero-order valence-corrected chi connectivity index (χ0v) is 27.6. The van der Waals surface area contributed by atoms with Crippen molar-refractivity contribution in [1.29, 1.82) is 0 Å². The molecular weight excluding hydrogens is 550 g/mol. The number of rotatable bonds is 18. The molecule has 0 bridgehead atoms. The second-order valence-corrected chi connectivity index (χ2v) is 28.4. The van der Waals surface area contributed by atoms with Gasteiger partial charge in [0.25, 0.3) is 0 Å². The molecule has 0 N–H and O–H groups in total. The quantitative estimate of drug-likeness (QED) is 0.108. The Labute approximate surface area is 196 Å². The fourth-order valence-electron chi connectivity index (χ4n) is 3.82. The summed E-state index contributed by atoms with van der Waals surface area (Å²) in [6.45, 7) is 14.0. The fraction of sp³-hybridized carbons (Fsp3) is 0.923. The first-order valence-electron chi connectivity index (χ1n) is 13.0. The Morgan fingerprint density at radius 3 is 0.607 bits per heavy atom. The van der Waals surface area contributed by atoms with E-state index in [0.717, 1.165) is 0 Å². The van der Waals surface area contributed by atoms with Crippen molar-refractivity contribution in [2.45, 2.75) is 145 Å². The number of hydrogen-bond donors (Lipinski definition) is 0. The van der Waals surface area contributed by atoms with Gasteiger partial charge in [-0.15, -0.1) is 12.8 Å². The van der Waals surface area contributed by atoms with Gasteiger partial charge in [-0.2, -0.15) is 0 Å². The summed E-state index contributed by atoms with van der Waals surface area (Å²) in [4.78, 5) is 0. The molecule has 170 valence electrons. The van der Waals surface area contributed by atoms with Crippen LogP contribution in [0, 0.1) is 12.8 Å². The summed E-state index contributed by atoms with van der Waals surface area (Å²) in [5, 5.41) is 0. The van der Waals surface area contributed by atoms with Crippen molar-refractivity contribution in [1.82, 2.24) is 0 Å². The van der Waals surface area contributed by atoms with E-state index in [1.807, 2.05) is 0 Å². The SMILES string of the molecule is C#C.CCC[CH2][SnH]([CH2]CCC)[CH2]CCC.CCC[CH2][SnH]([CH2]CCC)[CH2]CCC. The Balaban J connectivity index is -0.000000410. The van der Waals surface area contributed by atoms with Gasteiger partial charge in [-0.25, -0.2) is 0 Å². The molecule has 0 heterocycles. The molecule has 0 spiro atoms. The molecule has 0 aromatic rings. The minimum absolute atomic E-state index is 0.967. The van der Waals surface area contributed by atoms with Gasteiger partial charge in [0.05, 0.1) is 0 Å². The molecule has 2 heteroatoms. The van der Waals surface area contributed by atoms with Crippen LogP contribution in [0.5, 0.6) is 0 Å². The molecule has 0 aliphatic rings. The standard InChI is InChI=1S/6C4H9.C2H2.2Sn.2H/c6*1-3-4-2;1-2;;;;/h6*1,3-4H2,2H3;1-2H;;;;. The van der Waals surface area contributed by atoms with E-state index in [2.05, 4.69) is 54.4 Å². The molecule has 0 rings (SSSR count). The van der Waals surface area contributed by atoms with Gasteiger partial charge in [0.1, 0.15) is 0 Å². The van der Waals surface area contributed by atoms with E-state index in [4.69, 9.17) is 0 Å². The third-order valence-corrected chi connectivity index (χ3v) is 26.8. The molecule has 0 amide bonds. The van der Waals surface area contributed by atoms with Gasteiger partial charge in [-0.1, -0.05) is 0 Å². The molecule has 0 aliphatic carbocycles. The van der Waals surface area contributed by atoms with E-state index in [1.54, 1.807) is 26.6 Å². The van der Waals surface area contributed by atoms with E-state index in [-0.39, 0.29) is 0 Å². The molecule has 0 atom stereocenters. The van der Waals surface area contributed by atoms with Crippen LogP contribution in [0.2, 0.25) is 26.6 Å². The zero-order chi connectivity index (χ0) is 21.9. The molecule has 0 nitrogen and oxygen atoms in total. The monoisotopic (exact) mass is 610 g/mol. The van der Waals surface area contributed by atoms with Crippen LogP contribution in [-0.4, -0.2) is 39.5 Å². The first kappa shape index (κ1) is 33.8. The molecule has 28 heavy (non-hydrogen) atoms. The van der Waals surface area contributed by atoms with Crippen LogP contribution in [0.3, 0.4) is 0 Å². The molecule has 0 aromatic heterocycles. The summed E-state index contributed by atoms with van der Waals surface area (Å²) >= 11 is -1.93. The van der Waals surface area contributed by atoms with E-state index in [0.29, 0.717) is 0 Å². The van der Waals surface area contributed by atoms with Crippen LogP contribution in [0.25, 0.3) is 0 Å². The number of unbranched alkanes of at least 4 members (excludes halogenated alkanes) is 6. The summed E-state index contributed by atoms with van der Waals surface area (Å²) in [5.41, 5.74) is 0. The van der Waals surface area contributed by atoms with E-state index in [1.165, 1.54) is 77.0 Å². The second kappa shape index (κ2) is 32.8. The van der Waals surface area contributed by atoms with Gasteiger partial charge >= 0.3 is 185 Å². The molecule has 0 aromatic carbocycles. The average Bonchev–Trinajstić information content (AvgIpc) is 2.74. The van der Waals surface area contributed by atoms with Gasteiger partial charge in [0.2, 0.25) is 0 Å². The van der Waals surface area contributed by atoms with Gasteiger partial charge in [-0.3, -0.25) is 0 Å². The van der Waals surface area contributed by atoms with Crippen molar-refractivity contribution in [2.75, 3.05) is 0 Å². The van der Waals surface area contributed by atoms with Crippen LogP contribution in [0.1, 0.15) is 119 Å². The Morgan fingerprint density at radius 1 is 0.357 bits per heavy atom. The first-order valence-corrected chi connectivity index (χ1v) is 27.0. The zero-order valence-electron chi connectivity index (χ0n) is 21.0. The number of hydrogen-bond acceptors (Lipinski definition) is 0. The molecular formula is C26H58Sn2. The summed E-state index contributed by atoms with van der Waals surface area (Å²) in [5.74, 6) is 0. The topological polar surface area (TPSA) is 0 Å². The summed E-state index contributed by atoms with van der Waals surface area (Å²) in [6.07, 6.45) is 25.7. The molecule has 0 aliphatic heterocycles. The van der Waals surface area contributed by atoms with E-state index >= 15 is 0 Å². The van der Waals surface area contributed by atoms with Crippen LogP contribution >= 0.6 is 0 Å². The normalized spacial score (nSPS) is 10.4. The fourth-order valence-corrected chi connectivity index (χ4v) is 25.6. The van der Waals surface area contributed by atoms with Crippen LogP contribution in [-0.2, 0) is 0 Å². The molecule has 0 radical (unpaired) electrons. The van der Waals surface area contributed by atoms with Crippen molar-refractivity contribution >= 4 is 39.5 Å². The summed E-state index contributed by atoms with van der Waals surface area (Å²) in [7, 11) is 0. The van der Waals surface area contributed by atoms with Crippen molar-refractivity contribution in [3.8, 4) is 12.8 Å².